The summed E-state index contributed by atoms with van der Waals surface area (Å²) in [6.07, 6.45) is 1.000. The number of aliphatic hydroxyl groups is 1. The van der Waals surface area contributed by atoms with Crippen LogP contribution in [0.5, 0.6) is 0 Å². The molecule has 0 aliphatic rings. The smallest absolute Gasteiger partial charge is 0.245 e. The van der Waals surface area contributed by atoms with Crippen molar-refractivity contribution in [3.63, 3.8) is 0 Å². The van der Waals surface area contributed by atoms with Gasteiger partial charge in [0.25, 0.3) is 0 Å². The third-order valence-electron chi connectivity index (χ3n) is 3.41. The molecule has 0 saturated carbocycles. The predicted octanol–water partition coefficient (Wildman–Crippen LogP) is 1.42. The van der Waals surface area contributed by atoms with E-state index in [9.17, 15) is 4.79 Å². The first kappa shape index (κ1) is 17.0. The lowest BCUT2D eigenvalue weighted by molar-refractivity contribution is -0.121. The number of hydrogen-bond donors (Lipinski definition) is 3. The molecule has 0 radical (unpaired) electrons. The van der Waals surface area contributed by atoms with Crippen molar-refractivity contribution in [2.45, 2.75) is 39.3 Å². The maximum atomic E-state index is 11.9. The van der Waals surface area contributed by atoms with Gasteiger partial charge in [-0.2, -0.15) is 4.98 Å². The highest BCUT2D eigenvalue weighted by atomic mass is 16.5. The summed E-state index contributed by atoms with van der Waals surface area (Å²) in [5.74, 6) is 1.05. The quantitative estimate of drug-likeness (QED) is 0.680. The highest BCUT2D eigenvalue weighted by Gasteiger charge is 2.09. The SMILES string of the molecule is CCC(CO)NC(=O)Cc1ccc(NCc2nc(C)no2)cc1. The van der Waals surface area contributed by atoms with E-state index in [1.807, 2.05) is 31.2 Å². The van der Waals surface area contributed by atoms with Gasteiger partial charge in [-0.25, -0.2) is 0 Å². The van der Waals surface area contributed by atoms with E-state index in [1.54, 1.807) is 6.92 Å². The third kappa shape index (κ3) is 5.37. The number of nitrogens with one attached hydrogen (secondary N) is 2. The van der Waals surface area contributed by atoms with Crippen molar-refractivity contribution in [2.24, 2.45) is 0 Å². The third-order valence-corrected chi connectivity index (χ3v) is 3.41. The van der Waals surface area contributed by atoms with Crippen molar-refractivity contribution in [1.29, 1.82) is 0 Å². The van der Waals surface area contributed by atoms with Crippen molar-refractivity contribution in [2.75, 3.05) is 11.9 Å². The number of anilines is 1. The van der Waals surface area contributed by atoms with Crippen LogP contribution >= 0.6 is 0 Å². The van der Waals surface area contributed by atoms with E-state index in [2.05, 4.69) is 20.8 Å². The second-order valence-electron chi connectivity index (χ2n) is 5.32. The summed E-state index contributed by atoms with van der Waals surface area (Å²) in [4.78, 5) is 16.0. The summed E-state index contributed by atoms with van der Waals surface area (Å²) in [6, 6.07) is 7.40. The van der Waals surface area contributed by atoms with E-state index in [0.29, 0.717) is 31.1 Å². The minimum atomic E-state index is -0.179. The zero-order valence-electron chi connectivity index (χ0n) is 13.4. The Hall–Kier alpha value is -2.41. The average Bonchev–Trinajstić information content (AvgIpc) is 2.97. The standard InChI is InChI=1S/C16H22N4O3/c1-3-13(10-21)19-15(22)8-12-4-6-14(7-5-12)17-9-16-18-11(2)20-23-16/h4-7,13,17,21H,3,8-10H2,1-2H3,(H,19,22). The molecule has 0 saturated heterocycles. The molecule has 1 atom stereocenters. The van der Waals surface area contributed by atoms with Gasteiger partial charge in [0.15, 0.2) is 5.82 Å². The fourth-order valence-electron chi connectivity index (χ4n) is 2.07. The molecule has 23 heavy (non-hydrogen) atoms. The fraction of sp³-hybridized carbons (Fsp3) is 0.438. The number of aryl methyl sites for hydroxylation is 1. The van der Waals surface area contributed by atoms with Crippen molar-refractivity contribution in [3.8, 4) is 0 Å². The second kappa shape index (κ2) is 8.28. The van der Waals surface area contributed by atoms with Gasteiger partial charge >= 0.3 is 0 Å². The van der Waals surface area contributed by atoms with E-state index in [0.717, 1.165) is 11.3 Å². The Kier molecular flexibility index (Phi) is 6.10. The molecule has 7 heteroatoms. The van der Waals surface area contributed by atoms with E-state index >= 15 is 0 Å². The van der Waals surface area contributed by atoms with E-state index < -0.39 is 0 Å². The lowest BCUT2D eigenvalue weighted by Crippen LogP contribution is -2.37. The van der Waals surface area contributed by atoms with Crippen LogP contribution in [0.25, 0.3) is 0 Å². The minimum absolute atomic E-state index is 0.0414. The summed E-state index contributed by atoms with van der Waals surface area (Å²) in [6.45, 7) is 4.11. The lowest BCUT2D eigenvalue weighted by Gasteiger charge is -2.14. The van der Waals surface area contributed by atoms with Crippen LogP contribution in [0.1, 0.15) is 30.6 Å². The molecule has 1 aromatic heterocycles. The molecule has 0 bridgehead atoms. The van der Waals surface area contributed by atoms with Crippen LogP contribution in [-0.2, 0) is 17.8 Å². The van der Waals surface area contributed by atoms with Gasteiger partial charge in [0, 0.05) is 5.69 Å². The van der Waals surface area contributed by atoms with Crippen molar-refractivity contribution < 1.29 is 14.4 Å². The Morgan fingerprint density at radius 2 is 2.09 bits per heavy atom. The van der Waals surface area contributed by atoms with Crippen LogP contribution in [-0.4, -0.2) is 33.8 Å². The summed E-state index contributed by atoms with van der Waals surface area (Å²) >= 11 is 0. The van der Waals surface area contributed by atoms with Gasteiger partial charge in [0.05, 0.1) is 25.6 Å². The number of carbonyl (C=O) groups excluding carboxylic acids is 1. The molecule has 0 spiro atoms. The van der Waals surface area contributed by atoms with Gasteiger partial charge in [-0.1, -0.05) is 24.2 Å². The topological polar surface area (TPSA) is 100 Å². The molecule has 1 amide bonds. The maximum absolute atomic E-state index is 11.9. The van der Waals surface area contributed by atoms with Gasteiger partial charge < -0.3 is 20.3 Å². The summed E-state index contributed by atoms with van der Waals surface area (Å²) in [5.41, 5.74) is 1.82. The predicted molar refractivity (Wildman–Crippen MR) is 85.8 cm³/mol. The Balaban J connectivity index is 1.83. The molecule has 2 rings (SSSR count). The van der Waals surface area contributed by atoms with Crippen LogP contribution in [0.4, 0.5) is 5.69 Å². The van der Waals surface area contributed by atoms with Gasteiger partial charge in [-0.05, 0) is 31.0 Å². The van der Waals surface area contributed by atoms with Crippen LogP contribution in [0.2, 0.25) is 0 Å². The highest BCUT2D eigenvalue weighted by Crippen LogP contribution is 2.11. The van der Waals surface area contributed by atoms with Gasteiger partial charge in [0.2, 0.25) is 11.8 Å². The van der Waals surface area contributed by atoms with Gasteiger partial charge in [0.1, 0.15) is 0 Å². The molecule has 124 valence electrons. The summed E-state index contributed by atoms with van der Waals surface area (Å²) in [5, 5.41) is 18.8. The molecule has 3 N–H and O–H groups in total. The number of rotatable bonds is 8. The Bertz CT molecular complexity index is 621. The first-order chi connectivity index (χ1) is 11.1. The number of carbonyl (C=O) groups is 1. The highest BCUT2D eigenvalue weighted by molar-refractivity contribution is 5.79. The summed E-state index contributed by atoms with van der Waals surface area (Å²) < 4.78 is 5.02. The van der Waals surface area contributed by atoms with Crippen LogP contribution < -0.4 is 10.6 Å². The number of hydrogen-bond acceptors (Lipinski definition) is 6. The van der Waals surface area contributed by atoms with Crippen molar-refractivity contribution >= 4 is 11.6 Å². The maximum Gasteiger partial charge on any atom is 0.245 e. The van der Waals surface area contributed by atoms with E-state index in [-0.39, 0.29) is 18.6 Å². The fourth-order valence-corrected chi connectivity index (χ4v) is 2.07. The monoisotopic (exact) mass is 318 g/mol. The lowest BCUT2D eigenvalue weighted by atomic mass is 10.1. The molecule has 1 aromatic carbocycles. The number of aliphatic hydroxyl groups excluding tert-OH is 1. The molecular weight excluding hydrogens is 296 g/mol. The number of amides is 1. The van der Waals surface area contributed by atoms with Crippen molar-refractivity contribution in [3.05, 3.63) is 41.5 Å². The summed E-state index contributed by atoms with van der Waals surface area (Å²) in [7, 11) is 0. The second-order valence-corrected chi connectivity index (χ2v) is 5.32. The Morgan fingerprint density at radius 1 is 1.35 bits per heavy atom. The van der Waals surface area contributed by atoms with Crippen LogP contribution in [0.15, 0.2) is 28.8 Å². The molecule has 2 aromatic rings. The molecule has 7 nitrogen and oxygen atoms in total. The number of benzene rings is 1. The van der Waals surface area contributed by atoms with Gasteiger partial charge in [-0.3, -0.25) is 4.79 Å². The molecule has 0 fully saturated rings. The largest absolute Gasteiger partial charge is 0.394 e. The Morgan fingerprint density at radius 3 is 2.65 bits per heavy atom. The number of nitrogens with zero attached hydrogens (tertiary/aromatic N) is 2. The molecule has 0 aliphatic heterocycles. The Labute approximate surface area is 135 Å². The van der Waals surface area contributed by atoms with Crippen LogP contribution in [0.3, 0.4) is 0 Å². The minimum Gasteiger partial charge on any atom is -0.394 e. The van der Waals surface area contributed by atoms with Gasteiger partial charge in [-0.15, -0.1) is 0 Å². The zero-order chi connectivity index (χ0) is 16.7. The first-order valence-electron chi connectivity index (χ1n) is 7.63. The van der Waals surface area contributed by atoms with E-state index in [4.69, 9.17) is 9.63 Å². The number of aromatic nitrogens is 2. The molecule has 0 aliphatic carbocycles. The van der Waals surface area contributed by atoms with Crippen LogP contribution in [0, 0.1) is 6.92 Å². The average molecular weight is 318 g/mol. The first-order valence-corrected chi connectivity index (χ1v) is 7.63. The molecular formula is C16H22N4O3. The molecule has 1 heterocycles. The van der Waals surface area contributed by atoms with Crippen molar-refractivity contribution in [1.82, 2.24) is 15.5 Å². The zero-order valence-corrected chi connectivity index (χ0v) is 13.4. The normalized spacial score (nSPS) is 12.0. The van der Waals surface area contributed by atoms with E-state index in [1.165, 1.54) is 0 Å². The molecule has 1 unspecified atom stereocenters.